The highest BCUT2D eigenvalue weighted by molar-refractivity contribution is 5.84. The van der Waals surface area contributed by atoms with Crippen LogP contribution in [0.5, 0.6) is 11.5 Å². The molecule has 0 spiro atoms. The summed E-state index contributed by atoms with van der Waals surface area (Å²) in [4.78, 5) is 10.8. The molecule has 3 nitrogen and oxygen atoms in total. The molecule has 0 aliphatic heterocycles. The third-order valence-electron chi connectivity index (χ3n) is 2.13. The number of carbonyl (C=O) groups is 1. The molecule has 1 rings (SSSR count). The summed E-state index contributed by atoms with van der Waals surface area (Å²) in [5, 5.41) is 0. The molecule has 0 atom stereocenters. The summed E-state index contributed by atoms with van der Waals surface area (Å²) < 4.78 is 10.2. The molecule has 0 aliphatic rings. The molecule has 0 bridgehead atoms. The van der Waals surface area contributed by atoms with Crippen molar-refractivity contribution in [3.63, 3.8) is 0 Å². The molecule has 0 radical (unpaired) electrons. The van der Waals surface area contributed by atoms with Crippen molar-refractivity contribution in [2.75, 3.05) is 14.2 Å². The number of ether oxygens (including phenoxy) is 2. The largest absolute Gasteiger partial charge is 0.496 e. The Hall–Kier alpha value is -1.51. The predicted molar refractivity (Wildman–Crippen MR) is 54.3 cm³/mol. The van der Waals surface area contributed by atoms with Gasteiger partial charge in [-0.1, -0.05) is 6.92 Å². The van der Waals surface area contributed by atoms with Gasteiger partial charge in [0.1, 0.15) is 11.5 Å². The lowest BCUT2D eigenvalue weighted by Crippen LogP contribution is -1.97. The average Bonchev–Trinajstić information content (AvgIpc) is 2.26. The molecule has 0 saturated heterocycles. The molecule has 0 amide bonds. The van der Waals surface area contributed by atoms with Crippen LogP contribution < -0.4 is 9.47 Å². The molecule has 0 aromatic heterocycles. The van der Waals surface area contributed by atoms with E-state index in [0.29, 0.717) is 17.1 Å². The summed E-state index contributed by atoms with van der Waals surface area (Å²) in [7, 11) is 3.09. The summed E-state index contributed by atoms with van der Waals surface area (Å²) in [5.74, 6) is 1.13. The van der Waals surface area contributed by atoms with E-state index in [-0.39, 0.29) is 0 Å². The average molecular weight is 194 g/mol. The second-order valence-corrected chi connectivity index (χ2v) is 2.89. The molecule has 3 heteroatoms. The Bertz CT molecular complexity index is 306. The molecule has 0 saturated carbocycles. The monoisotopic (exact) mass is 194 g/mol. The summed E-state index contributed by atoms with van der Waals surface area (Å²) in [6, 6.07) is 3.71. The molecule has 0 aliphatic carbocycles. The first kappa shape index (κ1) is 10.6. The van der Waals surface area contributed by atoms with E-state index in [1.165, 1.54) is 0 Å². The molecule has 14 heavy (non-hydrogen) atoms. The molecule has 1 aromatic carbocycles. The lowest BCUT2D eigenvalue weighted by Gasteiger charge is -2.10. The predicted octanol–water partition coefficient (Wildman–Crippen LogP) is 2.08. The van der Waals surface area contributed by atoms with E-state index in [2.05, 4.69) is 0 Å². The minimum absolute atomic E-state index is 0.465. The van der Waals surface area contributed by atoms with Crippen molar-refractivity contribution in [1.82, 2.24) is 0 Å². The molecular formula is C11H14O3. The van der Waals surface area contributed by atoms with Gasteiger partial charge >= 0.3 is 0 Å². The Balaban J connectivity index is 3.31. The third-order valence-corrected chi connectivity index (χ3v) is 2.13. The Labute approximate surface area is 83.6 Å². The third kappa shape index (κ3) is 1.87. The van der Waals surface area contributed by atoms with Crippen molar-refractivity contribution in [2.45, 2.75) is 13.3 Å². The second kappa shape index (κ2) is 4.65. The molecule has 0 unspecified atom stereocenters. The van der Waals surface area contributed by atoms with Gasteiger partial charge in [0.25, 0.3) is 0 Å². The zero-order valence-corrected chi connectivity index (χ0v) is 8.66. The fourth-order valence-corrected chi connectivity index (χ4v) is 1.31. The Morgan fingerprint density at radius 3 is 2.00 bits per heavy atom. The number of rotatable bonds is 4. The summed E-state index contributed by atoms with van der Waals surface area (Å²) in [6.07, 6.45) is 1.63. The van der Waals surface area contributed by atoms with E-state index in [0.717, 1.165) is 18.3 Å². The second-order valence-electron chi connectivity index (χ2n) is 2.89. The van der Waals surface area contributed by atoms with Crippen LogP contribution >= 0.6 is 0 Å². The highest BCUT2D eigenvalue weighted by atomic mass is 16.5. The Kier molecular flexibility index (Phi) is 3.51. The Morgan fingerprint density at radius 2 is 1.71 bits per heavy atom. The fourth-order valence-electron chi connectivity index (χ4n) is 1.31. The number of benzene rings is 1. The molecule has 0 fully saturated rings. The van der Waals surface area contributed by atoms with Gasteiger partial charge in [-0.2, -0.15) is 0 Å². The SMILES string of the molecule is CCc1cc(OC)c(C=O)c(OC)c1. The van der Waals surface area contributed by atoms with Gasteiger partial charge in [-0.25, -0.2) is 0 Å². The highest BCUT2D eigenvalue weighted by Gasteiger charge is 2.10. The first-order valence-electron chi connectivity index (χ1n) is 4.46. The number of hydrogen-bond acceptors (Lipinski definition) is 3. The van der Waals surface area contributed by atoms with Crippen molar-refractivity contribution in [3.05, 3.63) is 23.3 Å². The zero-order chi connectivity index (χ0) is 10.6. The van der Waals surface area contributed by atoms with E-state index >= 15 is 0 Å². The van der Waals surface area contributed by atoms with E-state index in [1.54, 1.807) is 14.2 Å². The maximum absolute atomic E-state index is 10.8. The Morgan fingerprint density at radius 1 is 1.21 bits per heavy atom. The van der Waals surface area contributed by atoms with Crippen LogP contribution in [0.4, 0.5) is 0 Å². The smallest absolute Gasteiger partial charge is 0.157 e. The van der Waals surface area contributed by atoms with E-state index < -0.39 is 0 Å². The topological polar surface area (TPSA) is 35.5 Å². The summed E-state index contributed by atoms with van der Waals surface area (Å²) in [6.45, 7) is 2.04. The molecule has 76 valence electrons. The minimum Gasteiger partial charge on any atom is -0.496 e. The lowest BCUT2D eigenvalue weighted by molar-refractivity contribution is 0.111. The van der Waals surface area contributed by atoms with E-state index in [4.69, 9.17) is 9.47 Å². The van der Waals surface area contributed by atoms with Gasteiger partial charge in [-0.05, 0) is 24.1 Å². The van der Waals surface area contributed by atoms with Gasteiger partial charge in [0, 0.05) is 0 Å². The van der Waals surface area contributed by atoms with E-state index in [1.807, 2.05) is 19.1 Å². The molecule has 0 N–H and O–H groups in total. The van der Waals surface area contributed by atoms with Gasteiger partial charge in [-0.15, -0.1) is 0 Å². The minimum atomic E-state index is 0.465. The number of hydrogen-bond donors (Lipinski definition) is 0. The normalized spacial score (nSPS) is 9.64. The summed E-state index contributed by atoms with van der Waals surface area (Å²) >= 11 is 0. The quantitative estimate of drug-likeness (QED) is 0.688. The van der Waals surface area contributed by atoms with Gasteiger partial charge in [0.15, 0.2) is 6.29 Å². The van der Waals surface area contributed by atoms with Crippen LogP contribution in [-0.2, 0) is 6.42 Å². The maximum atomic E-state index is 10.8. The van der Waals surface area contributed by atoms with E-state index in [9.17, 15) is 4.79 Å². The van der Waals surface area contributed by atoms with Gasteiger partial charge < -0.3 is 9.47 Å². The van der Waals surface area contributed by atoms with Crippen LogP contribution in [0.1, 0.15) is 22.8 Å². The van der Waals surface area contributed by atoms with Crippen LogP contribution in [-0.4, -0.2) is 20.5 Å². The van der Waals surface area contributed by atoms with Gasteiger partial charge in [0.05, 0.1) is 19.8 Å². The van der Waals surface area contributed by atoms with Crippen LogP contribution in [0.25, 0.3) is 0 Å². The standard InChI is InChI=1S/C11H14O3/c1-4-8-5-10(13-2)9(7-12)11(6-8)14-3/h5-7H,4H2,1-3H3. The number of methoxy groups -OCH3 is 2. The highest BCUT2D eigenvalue weighted by Crippen LogP contribution is 2.28. The van der Waals surface area contributed by atoms with Crippen LogP contribution in [0.2, 0.25) is 0 Å². The number of carbonyl (C=O) groups excluding carboxylic acids is 1. The van der Waals surface area contributed by atoms with Crippen molar-refractivity contribution < 1.29 is 14.3 Å². The van der Waals surface area contributed by atoms with Crippen LogP contribution in [0.15, 0.2) is 12.1 Å². The van der Waals surface area contributed by atoms with Gasteiger partial charge in [-0.3, -0.25) is 4.79 Å². The lowest BCUT2D eigenvalue weighted by atomic mass is 10.1. The van der Waals surface area contributed by atoms with Crippen molar-refractivity contribution in [2.24, 2.45) is 0 Å². The first-order valence-corrected chi connectivity index (χ1v) is 4.46. The summed E-state index contributed by atoms with van der Waals surface area (Å²) in [5.41, 5.74) is 1.55. The van der Waals surface area contributed by atoms with Crippen molar-refractivity contribution in [3.8, 4) is 11.5 Å². The first-order chi connectivity index (χ1) is 6.76. The molecule has 0 heterocycles. The van der Waals surface area contributed by atoms with Crippen molar-refractivity contribution in [1.29, 1.82) is 0 Å². The van der Waals surface area contributed by atoms with Crippen LogP contribution in [0, 0.1) is 0 Å². The maximum Gasteiger partial charge on any atom is 0.157 e. The van der Waals surface area contributed by atoms with Gasteiger partial charge in [0.2, 0.25) is 0 Å². The zero-order valence-electron chi connectivity index (χ0n) is 8.66. The fraction of sp³-hybridized carbons (Fsp3) is 0.364. The molecular weight excluding hydrogens is 180 g/mol. The number of aryl methyl sites for hydroxylation is 1. The molecule has 1 aromatic rings. The van der Waals surface area contributed by atoms with Crippen molar-refractivity contribution >= 4 is 6.29 Å². The number of aldehydes is 1. The van der Waals surface area contributed by atoms with Crippen LogP contribution in [0.3, 0.4) is 0 Å².